The summed E-state index contributed by atoms with van der Waals surface area (Å²) in [7, 11) is 0. The third-order valence-electron chi connectivity index (χ3n) is 3.28. The van der Waals surface area contributed by atoms with E-state index in [2.05, 4.69) is 17.2 Å². The summed E-state index contributed by atoms with van der Waals surface area (Å²) < 4.78 is 0. The van der Waals surface area contributed by atoms with E-state index < -0.39 is 0 Å². The summed E-state index contributed by atoms with van der Waals surface area (Å²) in [6.45, 7) is 5.58. The van der Waals surface area contributed by atoms with Gasteiger partial charge in [-0.15, -0.1) is 0 Å². The number of para-hydroxylation sites is 1. The SMILES string of the molecule is CCCN(CC)C(=O)c1ccccc1Nc1ccncc1. The lowest BCUT2D eigenvalue weighted by Gasteiger charge is -2.22. The number of amides is 1. The minimum Gasteiger partial charge on any atom is -0.355 e. The zero-order valence-electron chi connectivity index (χ0n) is 12.5. The number of rotatable bonds is 6. The highest BCUT2D eigenvalue weighted by Gasteiger charge is 2.16. The molecule has 21 heavy (non-hydrogen) atoms. The van der Waals surface area contributed by atoms with Gasteiger partial charge in [-0.2, -0.15) is 0 Å². The topological polar surface area (TPSA) is 45.2 Å². The van der Waals surface area contributed by atoms with Gasteiger partial charge in [-0.05, 0) is 37.6 Å². The second kappa shape index (κ2) is 7.43. The number of carbonyl (C=O) groups excluding carboxylic acids is 1. The van der Waals surface area contributed by atoms with Gasteiger partial charge in [0, 0.05) is 31.2 Å². The Morgan fingerprint density at radius 2 is 1.86 bits per heavy atom. The van der Waals surface area contributed by atoms with Crippen LogP contribution in [0, 0.1) is 0 Å². The van der Waals surface area contributed by atoms with Gasteiger partial charge in [-0.25, -0.2) is 0 Å². The van der Waals surface area contributed by atoms with Crippen LogP contribution in [0.15, 0.2) is 48.8 Å². The first-order valence-corrected chi connectivity index (χ1v) is 7.31. The number of nitrogens with one attached hydrogen (secondary N) is 1. The minimum atomic E-state index is 0.0662. The van der Waals surface area contributed by atoms with Gasteiger partial charge in [0.25, 0.3) is 5.91 Å². The number of anilines is 2. The van der Waals surface area contributed by atoms with E-state index in [0.29, 0.717) is 5.56 Å². The van der Waals surface area contributed by atoms with E-state index in [1.807, 2.05) is 48.2 Å². The molecule has 0 atom stereocenters. The predicted molar refractivity (Wildman–Crippen MR) is 85.8 cm³/mol. The van der Waals surface area contributed by atoms with Crippen LogP contribution in [0.5, 0.6) is 0 Å². The van der Waals surface area contributed by atoms with E-state index in [1.165, 1.54) is 0 Å². The van der Waals surface area contributed by atoms with Crippen LogP contribution < -0.4 is 5.32 Å². The molecule has 4 heteroatoms. The molecular weight excluding hydrogens is 262 g/mol. The van der Waals surface area contributed by atoms with Gasteiger partial charge < -0.3 is 10.2 Å². The van der Waals surface area contributed by atoms with E-state index in [4.69, 9.17) is 0 Å². The van der Waals surface area contributed by atoms with E-state index in [-0.39, 0.29) is 5.91 Å². The smallest absolute Gasteiger partial charge is 0.255 e. The average molecular weight is 283 g/mol. The second-order valence-corrected chi connectivity index (χ2v) is 4.79. The Balaban J connectivity index is 2.26. The van der Waals surface area contributed by atoms with Crippen molar-refractivity contribution in [3.05, 3.63) is 54.4 Å². The molecule has 0 spiro atoms. The van der Waals surface area contributed by atoms with Gasteiger partial charge >= 0.3 is 0 Å². The first-order chi connectivity index (χ1) is 10.3. The van der Waals surface area contributed by atoms with E-state index in [1.54, 1.807) is 12.4 Å². The lowest BCUT2D eigenvalue weighted by molar-refractivity contribution is 0.0765. The molecule has 1 amide bonds. The molecule has 0 aliphatic rings. The van der Waals surface area contributed by atoms with Crippen molar-refractivity contribution in [2.24, 2.45) is 0 Å². The Hall–Kier alpha value is -2.36. The van der Waals surface area contributed by atoms with Crippen molar-refractivity contribution < 1.29 is 4.79 Å². The number of hydrogen-bond acceptors (Lipinski definition) is 3. The highest BCUT2D eigenvalue weighted by Crippen LogP contribution is 2.21. The summed E-state index contributed by atoms with van der Waals surface area (Å²) in [5.41, 5.74) is 2.44. The summed E-state index contributed by atoms with van der Waals surface area (Å²) in [5.74, 6) is 0.0662. The average Bonchev–Trinajstić information content (AvgIpc) is 2.53. The number of hydrogen-bond donors (Lipinski definition) is 1. The fourth-order valence-electron chi connectivity index (χ4n) is 2.21. The lowest BCUT2D eigenvalue weighted by atomic mass is 10.1. The molecule has 0 bridgehead atoms. The molecule has 0 aliphatic carbocycles. The van der Waals surface area contributed by atoms with E-state index in [9.17, 15) is 4.79 Å². The van der Waals surface area contributed by atoms with Crippen LogP contribution >= 0.6 is 0 Å². The molecule has 2 rings (SSSR count). The third kappa shape index (κ3) is 3.81. The third-order valence-corrected chi connectivity index (χ3v) is 3.28. The number of benzene rings is 1. The van der Waals surface area contributed by atoms with Gasteiger partial charge in [0.1, 0.15) is 0 Å². The van der Waals surface area contributed by atoms with Crippen molar-refractivity contribution in [2.45, 2.75) is 20.3 Å². The van der Waals surface area contributed by atoms with Crippen LogP contribution in [0.2, 0.25) is 0 Å². The summed E-state index contributed by atoms with van der Waals surface area (Å²) in [6.07, 6.45) is 4.41. The fraction of sp³-hybridized carbons (Fsp3) is 0.294. The monoisotopic (exact) mass is 283 g/mol. The molecule has 4 nitrogen and oxygen atoms in total. The molecule has 0 fully saturated rings. The molecule has 2 aromatic rings. The maximum atomic E-state index is 12.7. The standard InChI is InChI=1S/C17H21N3O/c1-3-13-20(4-2)17(21)15-7-5-6-8-16(15)19-14-9-11-18-12-10-14/h5-12H,3-4,13H2,1-2H3,(H,18,19). The van der Waals surface area contributed by atoms with Gasteiger partial charge in [0.05, 0.1) is 11.3 Å². The quantitative estimate of drug-likeness (QED) is 0.879. The normalized spacial score (nSPS) is 10.2. The molecule has 1 aromatic heterocycles. The van der Waals surface area contributed by atoms with Crippen LogP contribution in [0.3, 0.4) is 0 Å². The van der Waals surface area contributed by atoms with Crippen LogP contribution in [-0.2, 0) is 0 Å². The Bertz CT molecular complexity index is 584. The Morgan fingerprint density at radius 1 is 1.14 bits per heavy atom. The highest BCUT2D eigenvalue weighted by atomic mass is 16.2. The molecule has 1 heterocycles. The zero-order valence-corrected chi connectivity index (χ0v) is 12.5. The van der Waals surface area contributed by atoms with Gasteiger partial charge in [0.2, 0.25) is 0 Å². The number of aromatic nitrogens is 1. The van der Waals surface area contributed by atoms with E-state index in [0.717, 1.165) is 30.9 Å². The largest absolute Gasteiger partial charge is 0.355 e. The van der Waals surface area contributed by atoms with E-state index >= 15 is 0 Å². The number of carbonyl (C=O) groups is 1. The van der Waals surface area contributed by atoms with Gasteiger partial charge in [-0.3, -0.25) is 9.78 Å². The molecule has 0 saturated heterocycles. The molecule has 1 aromatic carbocycles. The van der Waals surface area contributed by atoms with Crippen molar-refractivity contribution in [3.8, 4) is 0 Å². The van der Waals surface area contributed by atoms with Crippen molar-refractivity contribution >= 4 is 17.3 Å². The zero-order chi connectivity index (χ0) is 15.1. The maximum absolute atomic E-state index is 12.7. The van der Waals surface area contributed by atoms with Crippen molar-refractivity contribution in [1.29, 1.82) is 0 Å². The molecule has 110 valence electrons. The van der Waals surface area contributed by atoms with Crippen molar-refractivity contribution in [1.82, 2.24) is 9.88 Å². The first-order valence-electron chi connectivity index (χ1n) is 7.31. The highest BCUT2D eigenvalue weighted by molar-refractivity contribution is 6.00. The Labute approximate surface area is 125 Å². The summed E-state index contributed by atoms with van der Waals surface area (Å²) in [5, 5.41) is 3.29. The number of pyridine rings is 1. The van der Waals surface area contributed by atoms with Crippen molar-refractivity contribution in [3.63, 3.8) is 0 Å². The molecule has 1 N–H and O–H groups in total. The Morgan fingerprint density at radius 3 is 2.52 bits per heavy atom. The molecule has 0 radical (unpaired) electrons. The molecule has 0 saturated carbocycles. The predicted octanol–water partition coefficient (Wildman–Crippen LogP) is 3.70. The number of nitrogens with zero attached hydrogens (tertiary/aromatic N) is 2. The molecular formula is C17H21N3O. The van der Waals surface area contributed by atoms with Crippen molar-refractivity contribution in [2.75, 3.05) is 18.4 Å². The van der Waals surface area contributed by atoms with Gasteiger partial charge in [-0.1, -0.05) is 19.1 Å². The van der Waals surface area contributed by atoms with Crippen LogP contribution in [0.25, 0.3) is 0 Å². The minimum absolute atomic E-state index is 0.0662. The van der Waals surface area contributed by atoms with Crippen LogP contribution in [-0.4, -0.2) is 28.9 Å². The maximum Gasteiger partial charge on any atom is 0.255 e. The summed E-state index contributed by atoms with van der Waals surface area (Å²) in [4.78, 5) is 18.5. The lowest BCUT2D eigenvalue weighted by Crippen LogP contribution is -2.31. The summed E-state index contributed by atoms with van der Waals surface area (Å²) in [6, 6.07) is 11.4. The fourth-order valence-corrected chi connectivity index (χ4v) is 2.21. The summed E-state index contributed by atoms with van der Waals surface area (Å²) >= 11 is 0. The molecule has 0 unspecified atom stereocenters. The Kier molecular flexibility index (Phi) is 5.32. The first kappa shape index (κ1) is 15.0. The second-order valence-electron chi connectivity index (χ2n) is 4.79. The molecule has 0 aliphatic heterocycles. The van der Waals surface area contributed by atoms with Crippen LogP contribution in [0.4, 0.5) is 11.4 Å². The van der Waals surface area contributed by atoms with Crippen LogP contribution in [0.1, 0.15) is 30.6 Å². The van der Waals surface area contributed by atoms with Gasteiger partial charge in [0.15, 0.2) is 0 Å².